The highest BCUT2D eigenvalue weighted by Gasteiger charge is 2.20. The monoisotopic (exact) mass is 205 g/mol. The van der Waals surface area contributed by atoms with E-state index in [1.54, 1.807) is 0 Å². The number of nitrogens with one attached hydrogen (secondary N) is 1. The average Bonchev–Trinajstić information content (AvgIpc) is 2.68. The van der Waals surface area contributed by atoms with Crippen molar-refractivity contribution in [2.45, 2.75) is 38.3 Å². The highest BCUT2D eigenvalue weighted by molar-refractivity contribution is 5.33. The summed E-state index contributed by atoms with van der Waals surface area (Å²) in [4.78, 5) is 0. The Balaban J connectivity index is 1.85. The molecule has 0 aromatic heterocycles. The third-order valence-electron chi connectivity index (χ3n) is 3.16. The molecular formula is C13H19NO. The van der Waals surface area contributed by atoms with E-state index in [0.29, 0.717) is 6.04 Å². The summed E-state index contributed by atoms with van der Waals surface area (Å²) in [7, 11) is 0. The highest BCUT2D eigenvalue weighted by Crippen LogP contribution is 2.21. The Labute approximate surface area is 91.3 Å². The van der Waals surface area contributed by atoms with Crippen molar-refractivity contribution in [2.75, 3.05) is 6.54 Å². The van der Waals surface area contributed by atoms with Gasteiger partial charge in [-0.25, -0.2) is 0 Å². The fraction of sp³-hybridized carbons (Fsp3) is 0.538. The molecule has 1 aliphatic carbocycles. The first-order valence-electron chi connectivity index (χ1n) is 5.77. The van der Waals surface area contributed by atoms with Crippen molar-refractivity contribution in [1.29, 1.82) is 0 Å². The minimum Gasteiger partial charge on any atom is -0.392 e. The van der Waals surface area contributed by atoms with Gasteiger partial charge in [0.05, 0.1) is 6.10 Å². The fourth-order valence-corrected chi connectivity index (χ4v) is 2.15. The minimum atomic E-state index is -0.200. The number of fused-ring (bicyclic) bond motifs is 1. The van der Waals surface area contributed by atoms with Gasteiger partial charge in [-0.05, 0) is 30.4 Å². The number of hydrogen-bond donors (Lipinski definition) is 2. The first-order valence-corrected chi connectivity index (χ1v) is 5.77. The molecule has 0 heterocycles. The van der Waals surface area contributed by atoms with Crippen LogP contribution in [0.25, 0.3) is 0 Å². The van der Waals surface area contributed by atoms with E-state index in [1.165, 1.54) is 11.1 Å². The molecule has 2 nitrogen and oxygen atoms in total. The van der Waals surface area contributed by atoms with Crippen LogP contribution < -0.4 is 5.32 Å². The van der Waals surface area contributed by atoms with Crippen LogP contribution in [0.5, 0.6) is 0 Å². The van der Waals surface area contributed by atoms with Gasteiger partial charge in [0.1, 0.15) is 0 Å². The summed E-state index contributed by atoms with van der Waals surface area (Å²) < 4.78 is 0. The zero-order chi connectivity index (χ0) is 10.7. The molecule has 1 aliphatic rings. The van der Waals surface area contributed by atoms with Crippen LogP contribution in [0, 0.1) is 0 Å². The summed E-state index contributed by atoms with van der Waals surface area (Å²) >= 11 is 0. The largest absolute Gasteiger partial charge is 0.392 e. The van der Waals surface area contributed by atoms with Gasteiger partial charge >= 0.3 is 0 Å². The van der Waals surface area contributed by atoms with E-state index >= 15 is 0 Å². The van der Waals surface area contributed by atoms with E-state index in [-0.39, 0.29) is 6.10 Å². The van der Waals surface area contributed by atoms with E-state index in [2.05, 4.69) is 29.6 Å². The first kappa shape index (κ1) is 10.7. The lowest BCUT2D eigenvalue weighted by atomic mass is 10.1. The van der Waals surface area contributed by atoms with E-state index in [4.69, 9.17) is 0 Å². The molecule has 0 fully saturated rings. The van der Waals surface area contributed by atoms with Gasteiger partial charge in [-0.2, -0.15) is 0 Å². The van der Waals surface area contributed by atoms with Crippen LogP contribution >= 0.6 is 0 Å². The molecule has 15 heavy (non-hydrogen) atoms. The SMILES string of the molecule is CCC(O)CNC1Cc2ccccc2C1. The number of aliphatic hydroxyl groups excluding tert-OH is 1. The Hall–Kier alpha value is -0.860. The van der Waals surface area contributed by atoms with E-state index in [1.807, 2.05) is 6.92 Å². The topological polar surface area (TPSA) is 32.3 Å². The Bertz CT molecular complexity index is 299. The maximum atomic E-state index is 9.47. The van der Waals surface area contributed by atoms with Crippen LogP contribution in [-0.2, 0) is 12.8 Å². The van der Waals surface area contributed by atoms with E-state index < -0.39 is 0 Å². The number of aliphatic hydroxyl groups is 1. The van der Waals surface area contributed by atoms with Crippen molar-refractivity contribution < 1.29 is 5.11 Å². The van der Waals surface area contributed by atoms with Crippen LogP contribution in [0.2, 0.25) is 0 Å². The van der Waals surface area contributed by atoms with Crippen molar-refractivity contribution in [1.82, 2.24) is 5.32 Å². The molecule has 0 amide bonds. The third-order valence-corrected chi connectivity index (χ3v) is 3.16. The molecule has 1 unspecified atom stereocenters. The lowest BCUT2D eigenvalue weighted by Crippen LogP contribution is -2.35. The molecule has 0 spiro atoms. The minimum absolute atomic E-state index is 0.200. The molecule has 1 aromatic carbocycles. The molecule has 0 bridgehead atoms. The summed E-state index contributed by atoms with van der Waals surface area (Å²) in [6.07, 6.45) is 2.83. The first-order chi connectivity index (χ1) is 7.29. The molecule has 1 atom stereocenters. The summed E-state index contributed by atoms with van der Waals surface area (Å²) in [6.45, 7) is 2.73. The number of benzene rings is 1. The second-order valence-electron chi connectivity index (χ2n) is 4.34. The quantitative estimate of drug-likeness (QED) is 0.781. The fourth-order valence-electron chi connectivity index (χ4n) is 2.15. The highest BCUT2D eigenvalue weighted by atomic mass is 16.3. The van der Waals surface area contributed by atoms with Crippen molar-refractivity contribution in [3.63, 3.8) is 0 Å². The summed E-state index contributed by atoms with van der Waals surface area (Å²) in [6, 6.07) is 9.12. The van der Waals surface area contributed by atoms with Crippen molar-refractivity contribution in [2.24, 2.45) is 0 Å². The van der Waals surface area contributed by atoms with E-state index in [9.17, 15) is 5.11 Å². The molecule has 0 saturated heterocycles. The van der Waals surface area contributed by atoms with Crippen molar-refractivity contribution in [3.05, 3.63) is 35.4 Å². The summed E-state index contributed by atoms with van der Waals surface area (Å²) in [5.41, 5.74) is 2.92. The Morgan fingerprint density at radius 3 is 2.47 bits per heavy atom. The van der Waals surface area contributed by atoms with Gasteiger partial charge in [0.15, 0.2) is 0 Å². The zero-order valence-electron chi connectivity index (χ0n) is 9.24. The summed E-state index contributed by atoms with van der Waals surface area (Å²) in [5.74, 6) is 0. The van der Waals surface area contributed by atoms with Crippen LogP contribution in [-0.4, -0.2) is 23.8 Å². The van der Waals surface area contributed by atoms with Crippen molar-refractivity contribution >= 4 is 0 Å². The van der Waals surface area contributed by atoms with E-state index in [0.717, 1.165) is 25.8 Å². The predicted molar refractivity (Wildman–Crippen MR) is 61.9 cm³/mol. The van der Waals surface area contributed by atoms with Crippen LogP contribution in [0.3, 0.4) is 0 Å². The van der Waals surface area contributed by atoms with Gasteiger partial charge < -0.3 is 10.4 Å². The summed E-state index contributed by atoms with van der Waals surface area (Å²) in [5, 5.41) is 12.9. The predicted octanol–water partition coefficient (Wildman–Crippen LogP) is 1.51. The number of hydrogen-bond acceptors (Lipinski definition) is 2. The Morgan fingerprint density at radius 2 is 1.93 bits per heavy atom. The maximum Gasteiger partial charge on any atom is 0.0662 e. The normalized spacial score (nSPS) is 17.7. The molecule has 0 saturated carbocycles. The third kappa shape index (κ3) is 2.58. The Kier molecular flexibility index (Phi) is 3.39. The molecular weight excluding hydrogens is 186 g/mol. The van der Waals surface area contributed by atoms with Crippen molar-refractivity contribution in [3.8, 4) is 0 Å². The smallest absolute Gasteiger partial charge is 0.0662 e. The number of rotatable bonds is 4. The van der Waals surface area contributed by atoms with Crippen LogP contribution in [0.1, 0.15) is 24.5 Å². The molecule has 0 aliphatic heterocycles. The molecule has 2 rings (SSSR count). The molecule has 82 valence electrons. The van der Waals surface area contributed by atoms with Gasteiger partial charge in [-0.1, -0.05) is 31.2 Å². The molecule has 2 N–H and O–H groups in total. The second-order valence-corrected chi connectivity index (χ2v) is 4.34. The van der Waals surface area contributed by atoms with Crippen LogP contribution in [0.4, 0.5) is 0 Å². The zero-order valence-corrected chi connectivity index (χ0v) is 9.24. The maximum absolute atomic E-state index is 9.47. The van der Waals surface area contributed by atoms with Crippen LogP contribution in [0.15, 0.2) is 24.3 Å². The lowest BCUT2D eigenvalue weighted by molar-refractivity contribution is 0.163. The molecule has 2 heteroatoms. The Morgan fingerprint density at radius 1 is 1.33 bits per heavy atom. The van der Waals surface area contributed by atoms with Gasteiger partial charge in [-0.3, -0.25) is 0 Å². The van der Waals surface area contributed by atoms with Gasteiger partial charge in [0.25, 0.3) is 0 Å². The lowest BCUT2D eigenvalue weighted by Gasteiger charge is -2.14. The molecule has 0 radical (unpaired) electrons. The van der Waals surface area contributed by atoms with Gasteiger partial charge in [0, 0.05) is 12.6 Å². The second kappa shape index (κ2) is 4.77. The van der Waals surface area contributed by atoms with Gasteiger partial charge in [0.2, 0.25) is 0 Å². The molecule has 1 aromatic rings. The standard InChI is InChI=1S/C13H19NO/c1-2-13(15)9-14-12-7-10-5-3-4-6-11(10)8-12/h3-6,12-15H,2,7-9H2,1H3. The average molecular weight is 205 g/mol. The van der Waals surface area contributed by atoms with Gasteiger partial charge in [-0.15, -0.1) is 0 Å².